The van der Waals surface area contributed by atoms with Gasteiger partial charge in [-0.2, -0.15) is 0 Å². The van der Waals surface area contributed by atoms with E-state index >= 15 is 0 Å². The zero-order valence-corrected chi connectivity index (χ0v) is 8.01. The van der Waals surface area contributed by atoms with E-state index in [0.717, 1.165) is 5.56 Å². The first-order chi connectivity index (χ1) is 5.63. The van der Waals surface area contributed by atoms with Gasteiger partial charge in [0.25, 0.3) is 0 Å². The Bertz CT molecular complexity index is 278. The topological polar surface area (TPSA) is 26.0 Å². The Hall–Kier alpha value is -0.670. The lowest BCUT2D eigenvalue weighted by molar-refractivity contribution is 0.623. The van der Waals surface area contributed by atoms with E-state index in [-0.39, 0.29) is 11.9 Å². The Labute approximate surface area is 79.2 Å². The second-order valence-corrected chi connectivity index (χ2v) is 3.38. The number of hydrogen-bond acceptors (Lipinski definition) is 1. The summed E-state index contributed by atoms with van der Waals surface area (Å²) in [7, 11) is 0. The molecule has 0 heterocycles. The van der Waals surface area contributed by atoms with Gasteiger partial charge in [0.05, 0.1) is 0 Å². The van der Waals surface area contributed by atoms with Gasteiger partial charge in [0.15, 0.2) is 0 Å². The third-order valence-corrected chi connectivity index (χ3v) is 1.98. The van der Waals surface area contributed by atoms with Gasteiger partial charge in [-0.05, 0) is 23.8 Å². The van der Waals surface area contributed by atoms with Crippen LogP contribution >= 0.6 is 15.9 Å². The molecule has 0 spiro atoms. The van der Waals surface area contributed by atoms with Crippen molar-refractivity contribution in [3.63, 3.8) is 0 Å². The van der Waals surface area contributed by atoms with Gasteiger partial charge in [-0.1, -0.05) is 22.0 Å². The summed E-state index contributed by atoms with van der Waals surface area (Å²) >= 11 is 3.18. The summed E-state index contributed by atoms with van der Waals surface area (Å²) in [5.74, 6) is -0.295. The Kier molecular flexibility index (Phi) is 3.00. The zero-order valence-electron chi connectivity index (χ0n) is 6.43. The molecule has 0 aromatic heterocycles. The molecule has 0 bridgehead atoms. The maximum absolute atomic E-state index is 12.8. The van der Waals surface area contributed by atoms with Gasteiger partial charge in [0.2, 0.25) is 0 Å². The highest BCUT2D eigenvalue weighted by Gasteiger charge is 2.03. The van der Waals surface area contributed by atoms with Gasteiger partial charge in [0, 0.05) is 10.5 Å². The van der Waals surface area contributed by atoms with Crippen LogP contribution < -0.4 is 5.73 Å². The molecule has 0 saturated heterocycles. The highest BCUT2D eigenvalue weighted by molar-refractivity contribution is 9.10. The van der Waals surface area contributed by atoms with E-state index in [1.165, 1.54) is 12.1 Å². The summed E-state index contributed by atoms with van der Waals surface area (Å²) in [6, 6.07) is 4.25. The molecule has 12 heavy (non-hydrogen) atoms. The summed E-state index contributed by atoms with van der Waals surface area (Å²) in [4.78, 5) is 0. The van der Waals surface area contributed by atoms with Crippen LogP contribution in [0.5, 0.6) is 0 Å². The van der Waals surface area contributed by atoms with Gasteiger partial charge in [-0.25, -0.2) is 4.39 Å². The average molecular weight is 230 g/mol. The maximum atomic E-state index is 12.8. The summed E-state index contributed by atoms with van der Waals surface area (Å²) in [5.41, 5.74) is 6.35. The molecule has 2 N–H and O–H groups in total. The van der Waals surface area contributed by atoms with Crippen molar-refractivity contribution in [2.24, 2.45) is 5.73 Å². The number of hydrogen-bond donors (Lipinski definition) is 1. The lowest BCUT2D eigenvalue weighted by Gasteiger charge is -2.06. The standard InChI is InChI=1S/C9H9BrFN/c1-2-9(12)6-3-7(10)5-8(11)4-6/h2-5,9H,1,12H2/t9-/m0/s1. The van der Waals surface area contributed by atoms with Gasteiger partial charge < -0.3 is 5.73 Å². The van der Waals surface area contributed by atoms with Gasteiger partial charge >= 0.3 is 0 Å². The van der Waals surface area contributed by atoms with Crippen molar-refractivity contribution in [1.82, 2.24) is 0 Å². The number of halogens is 2. The quantitative estimate of drug-likeness (QED) is 0.776. The van der Waals surface area contributed by atoms with E-state index in [9.17, 15) is 4.39 Å². The van der Waals surface area contributed by atoms with Crippen LogP contribution in [0.3, 0.4) is 0 Å². The van der Waals surface area contributed by atoms with Crippen LogP contribution in [-0.4, -0.2) is 0 Å². The van der Waals surface area contributed by atoms with E-state index in [1.54, 1.807) is 12.1 Å². The van der Waals surface area contributed by atoms with Crippen LogP contribution in [0, 0.1) is 5.82 Å². The number of rotatable bonds is 2. The molecule has 3 heteroatoms. The lowest BCUT2D eigenvalue weighted by Crippen LogP contribution is -2.06. The summed E-state index contributed by atoms with van der Waals surface area (Å²) in [6.07, 6.45) is 1.57. The first-order valence-corrected chi connectivity index (χ1v) is 4.27. The first-order valence-electron chi connectivity index (χ1n) is 3.47. The molecule has 1 atom stereocenters. The normalized spacial score (nSPS) is 12.6. The predicted octanol–water partition coefficient (Wildman–Crippen LogP) is 2.77. The molecule has 1 rings (SSSR count). The van der Waals surface area contributed by atoms with Crippen molar-refractivity contribution in [2.75, 3.05) is 0 Å². The van der Waals surface area contributed by atoms with E-state index < -0.39 is 0 Å². The van der Waals surface area contributed by atoms with Crippen LogP contribution in [-0.2, 0) is 0 Å². The number of benzene rings is 1. The molecule has 0 aliphatic rings. The van der Waals surface area contributed by atoms with Crippen molar-refractivity contribution >= 4 is 15.9 Å². The fourth-order valence-corrected chi connectivity index (χ4v) is 1.39. The van der Waals surface area contributed by atoms with Crippen molar-refractivity contribution in [1.29, 1.82) is 0 Å². The second-order valence-electron chi connectivity index (χ2n) is 2.46. The minimum Gasteiger partial charge on any atom is -0.321 e. The molecule has 0 fully saturated rings. The molecule has 1 aromatic carbocycles. The molecular weight excluding hydrogens is 221 g/mol. The molecule has 0 unspecified atom stereocenters. The molecule has 0 radical (unpaired) electrons. The second kappa shape index (κ2) is 3.83. The molecule has 0 aliphatic carbocycles. The van der Waals surface area contributed by atoms with Crippen LogP contribution in [0.2, 0.25) is 0 Å². The average Bonchev–Trinajstić information content (AvgIpc) is 2.01. The third-order valence-electron chi connectivity index (χ3n) is 1.52. The monoisotopic (exact) mass is 229 g/mol. The van der Waals surface area contributed by atoms with E-state index in [4.69, 9.17) is 5.73 Å². The Morgan fingerprint density at radius 2 is 2.17 bits per heavy atom. The van der Waals surface area contributed by atoms with E-state index in [2.05, 4.69) is 22.5 Å². The SMILES string of the molecule is C=C[C@H](N)c1cc(F)cc(Br)c1. The van der Waals surface area contributed by atoms with Crippen molar-refractivity contribution in [3.05, 3.63) is 46.7 Å². The fraction of sp³-hybridized carbons (Fsp3) is 0.111. The van der Waals surface area contributed by atoms with E-state index in [0.29, 0.717) is 4.47 Å². The highest BCUT2D eigenvalue weighted by Crippen LogP contribution is 2.19. The zero-order chi connectivity index (χ0) is 9.14. The fourth-order valence-electron chi connectivity index (χ4n) is 0.904. The van der Waals surface area contributed by atoms with Gasteiger partial charge in [0.1, 0.15) is 5.82 Å². The summed E-state index contributed by atoms with van der Waals surface area (Å²) < 4.78 is 13.5. The first kappa shape index (κ1) is 9.42. The largest absolute Gasteiger partial charge is 0.321 e. The van der Waals surface area contributed by atoms with Crippen molar-refractivity contribution in [2.45, 2.75) is 6.04 Å². The Morgan fingerprint density at radius 1 is 1.50 bits per heavy atom. The van der Waals surface area contributed by atoms with Crippen molar-refractivity contribution < 1.29 is 4.39 Å². The third kappa shape index (κ3) is 2.16. The van der Waals surface area contributed by atoms with Crippen LogP contribution in [0.1, 0.15) is 11.6 Å². The highest BCUT2D eigenvalue weighted by atomic mass is 79.9. The summed E-state index contributed by atoms with van der Waals surface area (Å²) in [6.45, 7) is 3.53. The molecule has 0 amide bonds. The van der Waals surface area contributed by atoms with Gasteiger partial charge in [-0.15, -0.1) is 6.58 Å². The molecule has 1 aromatic rings. The Morgan fingerprint density at radius 3 is 2.67 bits per heavy atom. The maximum Gasteiger partial charge on any atom is 0.124 e. The molecule has 0 aliphatic heterocycles. The van der Waals surface area contributed by atoms with Crippen LogP contribution in [0.4, 0.5) is 4.39 Å². The lowest BCUT2D eigenvalue weighted by atomic mass is 10.1. The predicted molar refractivity (Wildman–Crippen MR) is 51.2 cm³/mol. The molecule has 0 saturated carbocycles. The van der Waals surface area contributed by atoms with Crippen LogP contribution in [0.25, 0.3) is 0 Å². The van der Waals surface area contributed by atoms with Crippen LogP contribution in [0.15, 0.2) is 35.3 Å². The minimum absolute atomic E-state index is 0.295. The molecule has 1 nitrogen and oxygen atoms in total. The minimum atomic E-state index is -0.308. The van der Waals surface area contributed by atoms with E-state index in [1.807, 2.05) is 0 Å². The Balaban J connectivity index is 3.08. The van der Waals surface area contributed by atoms with Crippen molar-refractivity contribution in [3.8, 4) is 0 Å². The molecular formula is C9H9BrFN. The van der Waals surface area contributed by atoms with Gasteiger partial charge in [-0.3, -0.25) is 0 Å². The number of nitrogens with two attached hydrogens (primary N) is 1. The molecule has 64 valence electrons. The smallest absolute Gasteiger partial charge is 0.124 e. The summed E-state index contributed by atoms with van der Waals surface area (Å²) in [5, 5.41) is 0.